The highest BCUT2D eigenvalue weighted by atomic mass is 32.2. The van der Waals surface area contributed by atoms with E-state index in [-0.39, 0.29) is 13.1 Å². The summed E-state index contributed by atoms with van der Waals surface area (Å²) >= 11 is 0. The van der Waals surface area contributed by atoms with E-state index >= 15 is 0 Å². The van der Waals surface area contributed by atoms with E-state index in [0.29, 0.717) is 25.9 Å². The number of piperidine rings is 1. The van der Waals surface area contributed by atoms with Crippen LogP contribution in [0, 0.1) is 0 Å². The summed E-state index contributed by atoms with van der Waals surface area (Å²) in [5.74, 6) is 0. The van der Waals surface area contributed by atoms with Gasteiger partial charge in [-0.2, -0.15) is 0 Å². The van der Waals surface area contributed by atoms with E-state index in [1.807, 2.05) is 19.0 Å². The van der Waals surface area contributed by atoms with Gasteiger partial charge in [-0.1, -0.05) is 0 Å². The first-order valence-electron chi connectivity index (χ1n) is 5.94. The van der Waals surface area contributed by atoms with Gasteiger partial charge in [-0.3, -0.25) is 0 Å². The van der Waals surface area contributed by atoms with Crippen LogP contribution in [0.4, 0.5) is 4.79 Å². The van der Waals surface area contributed by atoms with Crippen molar-refractivity contribution in [1.29, 1.82) is 0 Å². The van der Waals surface area contributed by atoms with Gasteiger partial charge >= 0.3 is 6.09 Å². The molecule has 0 unspecified atom stereocenters. The second-order valence-corrected chi connectivity index (χ2v) is 6.76. The minimum Gasteiger partial charge on any atom is -0.465 e. The number of nitrogens with one attached hydrogen (secondary N) is 1. The molecule has 0 spiro atoms. The van der Waals surface area contributed by atoms with Crippen LogP contribution in [-0.4, -0.2) is 74.9 Å². The third-order valence-electron chi connectivity index (χ3n) is 3.01. The summed E-state index contributed by atoms with van der Waals surface area (Å²) in [6.07, 6.45) is -0.251. The predicted octanol–water partition coefficient (Wildman–Crippen LogP) is -0.390. The zero-order valence-electron chi connectivity index (χ0n) is 10.8. The smallest absolute Gasteiger partial charge is 0.407 e. The molecule has 0 aromatic heterocycles. The van der Waals surface area contributed by atoms with Gasteiger partial charge in [0.15, 0.2) is 0 Å². The van der Waals surface area contributed by atoms with Gasteiger partial charge in [0.25, 0.3) is 0 Å². The Balaban J connectivity index is 2.43. The summed E-state index contributed by atoms with van der Waals surface area (Å²) in [4.78, 5) is 13.9. The Hall–Kier alpha value is -0.860. The molecule has 106 valence electrons. The van der Waals surface area contributed by atoms with Crippen LogP contribution >= 0.6 is 0 Å². The topological polar surface area (TPSA) is 90.0 Å². The Morgan fingerprint density at radius 3 is 2.39 bits per heavy atom. The first-order chi connectivity index (χ1) is 8.33. The van der Waals surface area contributed by atoms with Crippen LogP contribution in [-0.2, 0) is 10.0 Å². The fraction of sp³-hybridized carbons (Fsp3) is 0.900. The van der Waals surface area contributed by atoms with Gasteiger partial charge in [-0.05, 0) is 26.9 Å². The van der Waals surface area contributed by atoms with Gasteiger partial charge in [-0.25, -0.2) is 17.9 Å². The van der Waals surface area contributed by atoms with Gasteiger partial charge in [0.1, 0.15) is 0 Å². The molecular weight excluding hydrogens is 258 g/mol. The maximum absolute atomic E-state index is 11.9. The second-order valence-electron chi connectivity index (χ2n) is 4.71. The van der Waals surface area contributed by atoms with Crippen molar-refractivity contribution < 1.29 is 18.3 Å². The van der Waals surface area contributed by atoms with E-state index in [9.17, 15) is 13.2 Å². The molecule has 1 saturated heterocycles. The summed E-state index contributed by atoms with van der Waals surface area (Å²) in [7, 11) is 0.425. The molecule has 0 atom stereocenters. The van der Waals surface area contributed by atoms with Crippen LogP contribution in [0.1, 0.15) is 12.8 Å². The molecule has 1 fully saturated rings. The van der Waals surface area contributed by atoms with E-state index in [1.165, 1.54) is 4.90 Å². The molecule has 1 aliphatic heterocycles. The molecular formula is C10H21N3O4S. The Morgan fingerprint density at radius 1 is 1.39 bits per heavy atom. The average molecular weight is 279 g/mol. The highest BCUT2D eigenvalue weighted by Crippen LogP contribution is 2.16. The highest BCUT2D eigenvalue weighted by Gasteiger charge is 2.31. The maximum Gasteiger partial charge on any atom is 0.407 e. The minimum atomic E-state index is -3.32. The van der Waals surface area contributed by atoms with Gasteiger partial charge in [0, 0.05) is 26.2 Å². The lowest BCUT2D eigenvalue weighted by Crippen LogP contribution is -2.46. The third-order valence-corrected chi connectivity index (χ3v) is 4.97. The summed E-state index contributed by atoms with van der Waals surface area (Å²) in [6, 6.07) is 0. The van der Waals surface area contributed by atoms with Gasteiger partial charge < -0.3 is 14.9 Å². The molecule has 0 aliphatic carbocycles. The lowest BCUT2D eigenvalue weighted by Gasteiger charge is -2.29. The largest absolute Gasteiger partial charge is 0.465 e. The third kappa shape index (κ3) is 4.43. The quantitative estimate of drug-likeness (QED) is 0.715. The number of rotatable bonds is 5. The van der Waals surface area contributed by atoms with E-state index in [0.717, 1.165) is 0 Å². The SMILES string of the molecule is CN(C)CCNS(=O)(=O)C1CCN(C(=O)O)CC1. The lowest BCUT2D eigenvalue weighted by atomic mass is 10.1. The number of carboxylic acid groups (broad SMARTS) is 1. The fourth-order valence-electron chi connectivity index (χ4n) is 1.89. The Labute approximate surface area is 108 Å². The second kappa shape index (κ2) is 6.35. The van der Waals surface area contributed by atoms with E-state index in [1.54, 1.807) is 0 Å². The van der Waals surface area contributed by atoms with Crippen molar-refractivity contribution in [3.8, 4) is 0 Å². The summed E-state index contributed by atoms with van der Waals surface area (Å²) < 4.78 is 26.5. The van der Waals surface area contributed by atoms with E-state index in [2.05, 4.69) is 4.72 Å². The highest BCUT2D eigenvalue weighted by molar-refractivity contribution is 7.90. The fourth-order valence-corrected chi connectivity index (χ4v) is 3.33. The molecule has 0 aromatic rings. The van der Waals surface area contributed by atoms with Crippen LogP contribution in [0.15, 0.2) is 0 Å². The number of hydrogen-bond donors (Lipinski definition) is 2. The number of amides is 1. The predicted molar refractivity (Wildman–Crippen MR) is 68.1 cm³/mol. The molecule has 0 aromatic carbocycles. The Bertz CT molecular complexity index is 375. The van der Waals surface area contributed by atoms with Crippen LogP contribution in [0.3, 0.4) is 0 Å². The summed E-state index contributed by atoms with van der Waals surface area (Å²) in [6.45, 7) is 1.60. The molecule has 0 bridgehead atoms. The normalized spacial score (nSPS) is 18.3. The Morgan fingerprint density at radius 2 is 1.94 bits per heavy atom. The first kappa shape index (κ1) is 15.2. The lowest BCUT2D eigenvalue weighted by molar-refractivity contribution is 0.136. The van der Waals surface area contributed by atoms with Gasteiger partial charge in [0.2, 0.25) is 10.0 Å². The zero-order chi connectivity index (χ0) is 13.8. The number of sulfonamides is 1. The molecule has 1 aliphatic rings. The van der Waals surface area contributed by atoms with Crippen molar-refractivity contribution >= 4 is 16.1 Å². The van der Waals surface area contributed by atoms with Crippen molar-refractivity contribution in [2.45, 2.75) is 18.1 Å². The number of nitrogens with zero attached hydrogens (tertiary/aromatic N) is 2. The molecule has 0 radical (unpaired) electrons. The van der Waals surface area contributed by atoms with Crippen LogP contribution in [0.2, 0.25) is 0 Å². The first-order valence-corrected chi connectivity index (χ1v) is 7.48. The van der Waals surface area contributed by atoms with Crippen molar-refractivity contribution in [1.82, 2.24) is 14.5 Å². The van der Waals surface area contributed by atoms with E-state index < -0.39 is 21.4 Å². The molecule has 0 saturated carbocycles. The molecule has 1 heterocycles. The molecule has 7 nitrogen and oxygen atoms in total. The standard InChI is InChI=1S/C10H21N3O4S/c1-12(2)8-5-11-18(16,17)9-3-6-13(7-4-9)10(14)15/h9,11H,3-8H2,1-2H3,(H,14,15). The number of hydrogen-bond acceptors (Lipinski definition) is 4. The van der Waals surface area contributed by atoms with Crippen molar-refractivity contribution in [2.75, 3.05) is 40.3 Å². The summed E-state index contributed by atoms with van der Waals surface area (Å²) in [5, 5.41) is 8.31. The van der Waals surface area contributed by atoms with E-state index in [4.69, 9.17) is 5.11 Å². The maximum atomic E-state index is 11.9. The van der Waals surface area contributed by atoms with Gasteiger partial charge in [-0.15, -0.1) is 0 Å². The van der Waals surface area contributed by atoms with Gasteiger partial charge in [0.05, 0.1) is 5.25 Å². The van der Waals surface area contributed by atoms with Crippen LogP contribution in [0.5, 0.6) is 0 Å². The molecule has 8 heteroatoms. The molecule has 18 heavy (non-hydrogen) atoms. The monoisotopic (exact) mass is 279 g/mol. The zero-order valence-corrected chi connectivity index (χ0v) is 11.6. The number of carbonyl (C=O) groups is 1. The number of likely N-dealkylation sites (tertiary alicyclic amines) is 1. The summed E-state index contributed by atoms with van der Waals surface area (Å²) in [5.41, 5.74) is 0. The molecule has 1 amide bonds. The van der Waals surface area contributed by atoms with Crippen molar-refractivity contribution in [3.05, 3.63) is 0 Å². The Kier molecular flexibility index (Phi) is 5.36. The minimum absolute atomic E-state index is 0.286. The van der Waals surface area contributed by atoms with Crippen molar-refractivity contribution in [2.24, 2.45) is 0 Å². The van der Waals surface area contributed by atoms with Crippen LogP contribution < -0.4 is 4.72 Å². The average Bonchev–Trinajstić information content (AvgIpc) is 2.28. The van der Waals surface area contributed by atoms with Crippen molar-refractivity contribution in [3.63, 3.8) is 0 Å². The van der Waals surface area contributed by atoms with Crippen LogP contribution in [0.25, 0.3) is 0 Å². The number of likely N-dealkylation sites (N-methyl/N-ethyl adjacent to an activating group) is 1. The molecule has 2 N–H and O–H groups in total. The molecule has 1 rings (SSSR count).